The number of carbonyl (C=O) groups is 1. The van der Waals surface area contributed by atoms with Crippen molar-refractivity contribution in [3.63, 3.8) is 0 Å². The number of anilines is 2. The molecule has 2 N–H and O–H groups in total. The number of nitrogens with one attached hydrogen (secondary N) is 2. The third kappa shape index (κ3) is 3.71. The summed E-state index contributed by atoms with van der Waals surface area (Å²) in [5, 5.41) is 13.6. The van der Waals surface area contributed by atoms with E-state index in [1.54, 1.807) is 23.9 Å². The fourth-order valence-electron chi connectivity index (χ4n) is 1.60. The second-order valence-corrected chi connectivity index (χ2v) is 4.90. The summed E-state index contributed by atoms with van der Waals surface area (Å²) in [6.45, 7) is 2.74. The Morgan fingerprint density at radius 1 is 1.15 bits per heavy atom. The molecule has 104 valence electrons. The summed E-state index contributed by atoms with van der Waals surface area (Å²) in [5.74, 6) is 0.394. The van der Waals surface area contributed by atoms with Gasteiger partial charge in [0.05, 0.1) is 0 Å². The van der Waals surface area contributed by atoms with Crippen molar-refractivity contribution in [2.75, 3.05) is 23.4 Å². The second kappa shape index (κ2) is 6.91. The first-order valence-corrected chi connectivity index (χ1v) is 7.48. The van der Waals surface area contributed by atoms with E-state index in [0.29, 0.717) is 11.5 Å². The standard InChI is InChI=1S/C14H16N4OS/c1-3-15-13-9-8-12(17-18-13)14(19)16-10-4-6-11(20-2)7-5-10/h4-9H,3H2,1-2H3,(H,15,18)(H,16,19). The molecule has 1 aromatic heterocycles. The Morgan fingerprint density at radius 2 is 1.90 bits per heavy atom. The second-order valence-electron chi connectivity index (χ2n) is 4.02. The highest BCUT2D eigenvalue weighted by molar-refractivity contribution is 7.98. The van der Waals surface area contributed by atoms with Crippen molar-refractivity contribution in [3.8, 4) is 0 Å². The summed E-state index contributed by atoms with van der Waals surface area (Å²) < 4.78 is 0. The van der Waals surface area contributed by atoms with Gasteiger partial charge in [0, 0.05) is 17.1 Å². The van der Waals surface area contributed by atoms with Crippen LogP contribution in [-0.4, -0.2) is 28.9 Å². The van der Waals surface area contributed by atoms with E-state index in [1.807, 2.05) is 37.4 Å². The summed E-state index contributed by atoms with van der Waals surface area (Å²) in [6, 6.07) is 11.0. The predicted octanol–water partition coefficient (Wildman–Crippen LogP) is 2.88. The smallest absolute Gasteiger partial charge is 0.276 e. The zero-order valence-electron chi connectivity index (χ0n) is 11.4. The minimum Gasteiger partial charge on any atom is -0.369 e. The van der Waals surface area contributed by atoms with Crippen LogP contribution in [-0.2, 0) is 0 Å². The van der Waals surface area contributed by atoms with Crippen molar-refractivity contribution in [2.45, 2.75) is 11.8 Å². The van der Waals surface area contributed by atoms with E-state index in [4.69, 9.17) is 0 Å². The van der Waals surface area contributed by atoms with Crippen LogP contribution in [0.25, 0.3) is 0 Å². The Kier molecular flexibility index (Phi) is 4.95. The lowest BCUT2D eigenvalue weighted by molar-refractivity contribution is 0.102. The molecule has 0 fully saturated rings. The van der Waals surface area contributed by atoms with Gasteiger partial charge in [0.2, 0.25) is 0 Å². The van der Waals surface area contributed by atoms with Crippen molar-refractivity contribution in [1.29, 1.82) is 0 Å². The Labute approximate surface area is 122 Å². The first-order valence-electron chi connectivity index (χ1n) is 6.26. The van der Waals surface area contributed by atoms with Crippen LogP contribution < -0.4 is 10.6 Å². The van der Waals surface area contributed by atoms with Crippen LogP contribution in [0, 0.1) is 0 Å². The molecule has 1 aromatic carbocycles. The fraction of sp³-hybridized carbons (Fsp3) is 0.214. The third-order valence-corrected chi connectivity index (χ3v) is 3.35. The lowest BCUT2D eigenvalue weighted by atomic mass is 10.3. The molecule has 0 aliphatic heterocycles. The minimum absolute atomic E-state index is 0.266. The topological polar surface area (TPSA) is 66.9 Å². The van der Waals surface area contributed by atoms with Crippen LogP contribution >= 0.6 is 11.8 Å². The number of hydrogen-bond acceptors (Lipinski definition) is 5. The lowest BCUT2D eigenvalue weighted by Crippen LogP contribution is -2.14. The highest BCUT2D eigenvalue weighted by Gasteiger charge is 2.08. The molecular weight excluding hydrogens is 272 g/mol. The van der Waals surface area contributed by atoms with Gasteiger partial charge in [0.25, 0.3) is 5.91 Å². The number of carbonyl (C=O) groups excluding carboxylic acids is 1. The molecule has 0 aliphatic rings. The van der Waals surface area contributed by atoms with Crippen LogP contribution in [0.15, 0.2) is 41.3 Å². The van der Waals surface area contributed by atoms with Crippen molar-refractivity contribution in [1.82, 2.24) is 10.2 Å². The molecule has 2 aromatic rings. The highest BCUT2D eigenvalue weighted by atomic mass is 32.2. The number of nitrogens with zero attached hydrogens (tertiary/aromatic N) is 2. The van der Waals surface area contributed by atoms with Crippen LogP contribution in [0.2, 0.25) is 0 Å². The van der Waals surface area contributed by atoms with Gasteiger partial charge in [-0.05, 0) is 49.6 Å². The molecule has 0 radical (unpaired) electrons. The van der Waals surface area contributed by atoms with E-state index in [0.717, 1.165) is 17.1 Å². The summed E-state index contributed by atoms with van der Waals surface area (Å²) in [6.07, 6.45) is 2.01. The van der Waals surface area contributed by atoms with E-state index < -0.39 is 0 Å². The van der Waals surface area contributed by atoms with Crippen molar-refractivity contribution in [3.05, 3.63) is 42.1 Å². The fourth-order valence-corrected chi connectivity index (χ4v) is 2.01. The largest absolute Gasteiger partial charge is 0.369 e. The molecular formula is C14H16N4OS. The average Bonchev–Trinajstić information content (AvgIpc) is 2.49. The molecule has 0 atom stereocenters. The zero-order valence-corrected chi connectivity index (χ0v) is 12.2. The molecule has 0 spiro atoms. The van der Waals surface area contributed by atoms with Gasteiger partial charge in [-0.1, -0.05) is 0 Å². The van der Waals surface area contributed by atoms with Gasteiger partial charge >= 0.3 is 0 Å². The van der Waals surface area contributed by atoms with E-state index in [1.165, 1.54) is 0 Å². The Morgan fingerprint density at radius 3 is 2.45 bits per heavy atom. The maximum absolute atomic E-state index is 12.0. The van der Waals surface area contributed by atoms with Gasteiger partial charge in [0.15, 0.2) is 5.69 Å². The molecule has 5 nitrogen and oxygen atoms in total. The Balaban J connectivity index is 2.03. The molecule has 0 saturated heterocycles. The summed E-state index contributed by atoms with van der Waals surface area (Å²) in [4.78, 5) is 13.1. The number of hydrogen-bond donors (Lipinski definition) is 2. The molecule has 0 aliphatic carbocycles. The van der Waals surface area contributed by atoms with Crippen LogP contribution in [0.4, 0.5) is 11.5 Å². The SMILES string of the molecule is CCNc1ccc(C(=O)Nc2ccc(SC)cc2)nn1. The van der Waals surface area contributed by atoms with Gasteiger partial charge in [-0.2, -0.15) is 0 Å². The number of aromatic nitrogens is 2. The van der Waals surface area contributed by atoms with Crippen LogP contribution in [0.3, 0.4) is 0 Å². The maximum Gasteiger partial charge on any atom is 0.276 e. The van der Waals surface area contributed by atoms with Gasteiger partial charge < -0.3 is 10.6 Å². The van der Waals surface area contributed by atoms with Crippen molar-refractivity contribution < 1.29 is 4.79 Å². The molecule has 2 rings (SSSR count). The number of rotatable bonds is 5. The number of benzene rings is 1. The quantitative estimate of drug-likeness (QED) is 0.828. The molecule has 0 saturated carbocycles. The molecule has 0 bridgehead atoms. The third-order valence-electron chi connectivity index (χ3n) is 2.60. The Bertz CT molecular complexity index is 569. The van der Waals surface area contributed by atoms with Gasteiger partial charge in [-0.25, -0.2) is 0 Å². The van der Waals surface area contributed by atoms with E-state index in [-0.39, 0.29) is 5.91 Å². The minimum atomic E-state index is -0.266. The van der Waals surface area contributed by atoms with Crippen molar-refractivity contribution >= 4 is 29.2 Å². The van der Waals surface area contributed by atoms with Crippen molar-refractivity contribution in [2.24, 2.45) is 0 Å². The number of amides is 1. The van der Waals surface area contributed by atoms with Gasteiger partial charge in [-0.3, -0.25) is 4.79 Å². The van der Waals surface area contributed by atoms with Gasteiger partial charge in [-0.15, -0.1) is 22.0 Å². The van der Waals surface area contributed by atoms with E-state index in [9.17, 15) is 4.79 Å². The molecule has 1 amide bonds. The number of thioether (sulfide) groups is 1. The van der Waals surface area contributed by atoms with Gasteiger partial charge in [0.1, 0.15) is 5.82 Å². The van der Waals surface area contributed by atoms with E-state index >= 15 is 0 Å². The highest BCUT2D eigenvalue weighted by Crippen LogP contribution is 2.17. The predicted molar refractivity (Wildman–Crippen MR) is 82.4 cm³/mol. The average molecular weight is 288 g/mol. The lowest BCUT2D eigenvalue weighted by Gasteiger charge is -2.06. The summed E-state index contributed by atoms with van der Waals surface area (Å²) >= 11 is 1.66. The monoisotopic (exact) mass is 288 g/mol. The zero-order chi connectivity index (χ0) is 14.4. The summed E-state index contributed by atoms with van der Waals surface area (Å²) in [5.41, 5.74) is 1.03. The first-order chi connectivity index (χ1) is 9.72. The molecule has 1 heterocycles. The van der Waals surface area contributed by atoms with Crippen LogP contribution in [0.5, 0.6) is 0 Å². The Hall–Kier alpha value is -2.08. The normalized spacial score (nSPS) is 10.1. The molecule has 0 unspecified atom stereocenters. The summed E-state index contributed by atoms with van der Waals surface area (Å²) in [7, 11) is 0. The van der Waals surface area contributed by atoms with Crippen LogP contribution in [0.1, 0.15) is 17.4 Å². The maximum atomic E-state index is 12.0. The van der Waals surface area contributed by atoms with E-state index in [2.05, 4.69) is 20.8 Å². The molecule has 20 heavy (non-hydrogen) atoms. The molecule has 6 heteroatoms. The first kappa shape index (κ1) is 14.3.